The van der Waals surface area contributed by atoms with Gasteiger partial charge < -0.3 is 5.32 Å². The lowest BCUT2D eigenvalue weighted by atomic mass is 10.1. The van der Waals surface area contributed by atoms with Gasteiger partial charge in [0.05, 0.1) is 23.4 Å². The van der Waals surface area contributed by atoms with Crippen LogP contribution in [-0.4, -0.2) is 21.6 Å². The fraction of sp³-hybridized carbons (Fsp3) is 0.136. The van der Waals surface area contributed by atoms with Crippen molar-refractivity contribution in [2.45, 2.75) is 17.7 Å². The summed E-state index contributed by atoms with van der Waals surface area (Å²) in [5.41, 5.74) is -0.399. The minimum absolute atomic E-state index is 0.0297. The second-order valence-corrected chi connectivity index (χ2v) is 8.56. The Morgan fingerprint density at radius 1 is 1.00 bits per heavy atom. The van der Waals surface area contributed by atoms with Crippen LogP contribution in [-0.2, 0) is 17.5 Å². The fourth-order valence-corrected chi connectivity index (χ4v) is 4.45. The molecule has 0 saturated carbocycles. The van der Waals surface area contributed by atoms with Gasteiger partial charge in [-0.05, 0) is 17.5 Å². The van der Waals surface area contributed by atoms with E-state index < -0.39 is 11.7 Å². The quantitative estimate of drug-likeness (QED) is 0.293. The van der Waals surface area contributed by atoms with Gasteiger partial charge in [0.15, 0.2) is 5.82 Å². The number of aromatic nitrogens is 2. The van der Waals surface area contributed by atoms with E-state index in [1.165, 1.54) is 17.4 Å². The zero-order chi connectivity index (χ0) is 21.8. The molecule has 0 fully saturated rings. The SMILES string of the molecule is O=C(CSc1nc(-c2ccccc2)nc2c(C(F)(F)F)cccc12)NCc1cccs1. The number of hydrogen-bond acceptors (Lipinski definition) is 5. The van der Waals surface area contributed by atoms with Crippen LogP contribution in [0.5, 0.6) is 0 Å². The van der Waals surface area contributed by atoms with Crippen molar-refractivity contribution in [3.63, 3.8) is 0 Å². The van der Waals surface area contributed by atoms with Crippen molar-refractivity contribution in [1.29, 1.82) is 0 Å². The summed E-state index contributed by atoms with van der Waals surface area (Å²) in [7, 11) is 0. The molecular weight excluding hydrogens is 443 g/mol. The average molecular weight is 460 g/mol. The fourth-order valence-electron chi connectivity index (χ4n) is 2.96. The molecule has 1 N–H and O–H groups in total. The van der Waals surface area contributed by atoms with Crippen molar-refractivity contribution in [3.05, 3.63) is 76.5 Å². The molecule has 4 nitrogen and oxygen atoms in total. The van der Waals surface area contributed by atoms with Crippen molar-refractivity contribution >= 4 is 39.9 Å². The van der Waals surface area contributed by atoms with Crippen molar-refractivity contribution in [2.75, 3.05) is 5.75 Å². The van der Waals surface area contributed by atoms with E-state index in [1.54, 1.807) is 36.4 Å². The van der Waals surface area contributed by atoms with Crippen LogP contribution in [0.4, 0.5) is 13.2 Å². The predicted octanol–water partition coefficient (Wildman–Crippen LogP) is 5.79. The van der Waals surface area contributed by atoms with Crippen LogP contribution in [0.1, 0.15) is 10.4 Å². The van der Waals surface area contributed by atoms with Gasteiger partial charge in [-0.1, -0.05) is 60.3 Å². The number of halogens is 3. The van der Waals surface area contributed by atoms with Gasteiger partial charge in [-0.25, -0.2) is 9.97 Å². The molecule has 4 rings (SSSR count). The van der Waals surface area contributed by atoms with Crippen molar-refractivity contribution in [3.8, 4) is 11.4 Å². The first-order valence-electron chi connectivity index (χ1n) is 9.27. The number of thiophene rings is 1. The first-order valence-corrected chi connectivity index (χ1v) is 11.1. The third kappa shape index (κ3) is 5.05. The Kier molecular flexibility index (Phi) is 6.24. The average Bonchev–Trinajstić information content (AvgIpc) is 3.29. The van der Waals surface area contributed by atoms with E-state index in [0.29, 0.717) is 17.1 Å². The highest BCUT2D eigenvalue weighted by Crippen LogP contribution is 2.37. The van der Waals surface area contributed by atoms with E-state index in [2.05, 4.69) is 15.3 Å². The molecule has 4 aromatic rings. The molecule has 158 valence electrons. The molecule has 31 heavy (non-hydrogen) atoms. The molecule has 9 heteroatoms. The molecule has 0 aliphatic rings. The van der Waals surface area contributed by atoms with Crippen LogP contribution in [0, 0.1) is 0 Å². The van der Waals surface area contributed by atoms with E-state index in [9.17, 15) is 18.0 Å². The molecule has 0 radical (unpaired) electrons. The van der Waals surface area contributed by atoms with Crippen molar-refractivity contribution in [1.82, 2.24) is 15.3 Å². The highest BCUT2D eigenvalue weighted by Gasteiger charge is 2.34. The number of nitrogens with zero attached hydrogens (tertiary/aromatic N) is 2. The van der Waals surface area contributed by atoms with Crippen LogP contribution in [0.25, 0.3) is 22.3 Å². The molecule has 0 aliphatic carbocycles. The summed E-state index contributed by atoms with van der Waals surface area (Å²) in [5.74, 6) is -0.00760. The van der Waals surface area contributed by atoms with Crippen LogP contribution in [0.3, 0.4) is 0 Å². The first kappa shape index (κ1) is 21.3. The summed E-state index contributed by atoms with van der Waals surface area (Å²) >= 11 is 2.63. The van der Waals surface area contributed by atoms with Gasteiger partial charge in [0.2, 0.25) is 5.91 Å². The minimum Gasteiger partial charge on any atom is -0.350 e. The Morgan fingerprint density at radius 3 is 2.52 bits per heavy atom. The Hall–Kier alpha value is -2.91. The highest BCUT2D eigenvalue weighted by atomic mass is 32.2. The second-order valence-electron chi connectivity index (χ2n) is 6.56. The molecule has 2 aromatic heterocycles. The number of nitrogens with one attached hydrogen (secondary N) is 1. The molecule has 0 saturated heterocycles. The van der Waals surface area contributed by atoms with Crippen LogP contribution in [0.15, 0.2) is 71.1 Å². The van der Waals surface area contributed by atoms with Crippen molar-refractivity contribution < 1.29 is 18.0 Å². The molecule has 0 spiro atoms. The predicted molar refractivity (Wildman–Crippen MR) is 117 cm³/mol. The van der Waals surface area contributed by atoms with Gasteiger partial charge in [-0.15, -0.1) is 11.3 Å². The molecule has 1 amide bonds. The normalized spacial score (nSPS) is 11.6. The van der Waals surface area contributed by atoms with Gasteiger partial charge >= 0.3 is 6.18 Å². The molecule has 0 bridgehead atoms. The standard InChI is InChI=1S/C22H16F3N3OS2/c23-22(24,25)17-10-4-9-16-19(17)27-20(14-6-2-1-3-7-14)28-21(16)31-13-18(29)26-12-15-8-5-11-30-15/h1-11H,12-13H2,(H,26,29). The number of carbonyl (C=O) groups is 1. The topological polar surface area (TPSA) is 54.9 Å². The third-order valence-electron chi connectivity index (χ3n) is 4.41. The van der Waals surface area contributed by atoms with Crippen LogP contribution < -0.4 is 5.32 Å². The number of para-hydroxylation sites is 1. The summed E-state index contributed by atoms with van der Waals surface area (Å²) < 4.78 is 40.8. The summed E-state index contributed by atoms with van der Waals surface area (Å²) in [6.45, 7) is 0.412. The van der Waals surface area contributed by atoms with Crippen molar-refractivity contribution in [2.24, 2.45) is 0 Å². The maximum atomic E-state index is 13.6. The Bertz CT molecular complexity index is 1200. The molecule has 0 aliphatic heterocycles. The maximum absolute atomic E-state index is 13.6. The lowest BCUT2D eigenvalue weighted by Crippen LogP contribution is -2.24. The maximum Gasteiger partial charge on any atom is 0.418 e. The number of rotatable bonds is 6. The Morgan fingerprint density at radius 2 is 1.81 bits per heavy atom. The number of amides is 1. The molecule has 0 atom stereocenters. The number of hydrogen-bond donors (Lipinski definition) is 1. The lowest BCUT2D eigenvalue weighted by molar-refractivity contribution is -0.136. The summed E-state index contributed by atoms with van der Waals surface area (Å²) in [5, 5.41) is 5.34. The zero-order valence-electron chi connectivity index (χ0n) is 16.0. The number of carbonyl (C=O) groups excluding carboxylic acids is 1. The van der Waals surface area contributed by atoms with E-state index in [4.69, 9.17) is 0 Å². The Balaban J connectivity index is 1.67. The largest absolute Gasteiger partial charge is 0.418 e. The lowest BCUT2D eigenvalue weighted by Gasteiger charge is -2.13. The Labute approximate surface area is 184 Å². The molecule has 0 unspecified atom stereocenters. The summed E-state index contributed by atoms with van der Waals surface area (Å²) in [6, 6.07) is 16.5. The monoisotopic (exact) mass is 459 g/mol. The van der Waals surface area contributed by atoms with Gasteiger partial charge in [-0.2, -0.15) is 13.2 Å². The van der Waals surface area contributed by atoms with Gasteiger partial charge in [0.25, 0.3) is 0 Å². The van der Waals surface area contributed by atoms with Gasteiger partial charge in [0, 0.05) is 15.8 Å². The molecule has 2 aromatic carbocycles. The number of thioether (sulfide) groups is 1. The number of alkyl halides is 3. The van der Waals surface area contributed by atoms with Gasteiger partial charge in [0.1, 0.15) is 5.03 Å². The smallest absolute Gasteiger partial charge is 0.350 e. The van der Waals surface area contributed by atoms with Crippen LogP contribution >= 0.6 is 23.1 Å². The van der Waals surface area contributed by atoms with E-state index in [1.807, 2.05) is 17.5 Å². The van der Waals surface area contributed by atoms with E-state index in [0.717, 1.165) is 22.7 Å². The third-order valence-corrected chi connectivity index (χ3v) is 6.28. The van der Waals surface area contributed by atoms with Crippen LogP contribution in [0.2, 0.25) is 0 Å². The molecule has 2 heterocycles. The highest BCUT2D eigenvalue weighted by molar-refractivity contribution is 8.00. The minimum atomic E-state index is -4.55. The molecular formula is C22H16F3N3OS2. The number of benzene rings is 2. The zero-order valence-corrected chi connectivity index (χ0v) is 17.7. The summed E-state index contributed by atoms with van der Waals surface area (Å²) in [4.78, 5) is 22.0. The van der Waals surface area contributed by atoms with Gasteiger partial charge in [-0.3, -0.25) is 4.79 Å². The number of fused-ring (bicyclic) bond motifs is 1. The first-order chi connectivity index (χ1) is 14.9. The summed E-state index contributed by atoms with van der Waals surface area (Å²) in [6.07, 6.45) is -4.55. The second kappa shape index (κ2) is 9.07. The van der Waals surface area contributed by atoms with E-state index >= 15 is 0 Å². The van der Waals surface area contributed by atoms with E-state index in [-0.39, 0.29) is 28.4 Å².